The Morgan fingerprint density at radius 3 is 2.81 bits per heavy atom. The highest BCUT2D eigenvalue weighted by atomic mass is 15.1. The SMILES string of the molecule is CCCN(C)CCc1c[nH]c2ccccc12. The minimum atomic E-state index is 1.13. The molecule has 1 N–H and O–H groups in total. The number of hydrogen-bond donors (Lipinski definition) is 1. The van der Waals surface area contributed by atoms with Crippen LogP contribution in [0.3, 0.4) is 0 Å². The smallest absolute Gasteiger partial charge is 0.0456 e. The van der Waals surface area contributed by atoms with Crippen LogP contribution in [0.2, 0.25) is 0 Å². The summed E-state index contributed by atoms with van der Waals surface area (Å²) >= 11 is 0. The molecular formula is C14H20N2. The fourth-order valence-electron chi connectivity index (χ4n) is 2.14. The van der Waals surface area contributed by atoms with Crippen molar-refractivity contribution in [3.05, 3.63) is 36.0 Å². The second-order valence-corrected chi connectivity index (χ2v) is 4.41. The highest BCUT2D eigenvalue weighted by Gasteiger charge is 2.03. The van der Waals surface area contributed by atoms with Gasteiger partial charge in [-0.05, 0) is 38.1 Å². The molecule has 0 spiro atoms. The summed E-state index contributed by atoms with van der Waals surface area (Å²) in [6.45, 7) is 4.54. The van der Waals surface area contributed by atoms with Crippen LogP contribution in [-0.2, 0) is 6.42 Å². The van der Waals surface area contributed by atoms with Gasteiger partial charge in [0, 0.05) is 23.6 Å². The van der Waals surface area contributed by atoms with Gasteiger partial charge in [-0.25, -0.2) is 0 Å². The number of fused-ring (bicyclic) bond motifs is 1. The fraction of sp³-hybridized carbons (Fsp3) is 0.429. The number of hydrogen-bond acceptors (Lipinski definition) is 1. The molecule has 1 aromatic carbocycles. The van der Waals surface area contributed by atoms with Crippen LogP contribution in [0.25, 0.3) is 10.9 Å². The van der Waals surface area contributed by atoms with E-state index in [1.165, 1.54) is 29.4 Å². The number of rotatable bonds is 5. The molecule has 0 bridgehead atoms. The van der Waals surface area contributed by atoms with Crippen LogP contribution in [0.1, 0.15) is 18.9 Å². The van der Waals surface area contributed by atoms with Gasteiger partial charge in [-0.15, -0.1) is 0 Å². The second-order valence-electron chi connectivity index (χ2n) is 4.41. The van der Waals surface area contributed by atoms with Crippen molar-refractivity contribution in [3.63, 3.8) is 0 Å². The van der Waals surface area contributed by atoms with Crippen molar-refractivity contribution >= 4 is 10.9 Å². The van der Waals surface area contributed by atoms with Crippen molar-refractivity contribution in [1.82, 2.24) is 9.88 Å². The summed E-state index contributed by atoms with van der Waals surface area (Å²) in [6, 6.07) is 8.51. The van der Waals surface area contributed by atoms with Crippen LogP contribution in [0, 0.1) is 0 Å². The van der Waals surface area contributed by atoms with Crippen LogP contribution in [-0.4, -0.2) is 30.0 Å². The maximum absolute atomic E-state index is 3.33. The van der Waals surface area contributed by atoms with Gasteiger partial charge in [0.25, 0.3) is 0 Å². The summed E-state index contributed by atoms with van der Waals surface area (Å²) < 4.78 is 0. The van der Waals surface area contributed by atoms with E-state index in [1.54, 1.807) is 0 Å². The molecule has 0 unspecified atom stereocenters. The lowest BCUT2D eigenvalue weighted by Gasteiger charge is -2.14. The van der Waals surface area contributed by atoms with E-state index in [0.29, 0.717) is 0 Å². The first-order chi connectivity index (χ1) is 7.81. The lowest BCUT2D eigenvalue weighted by atomic mass is 10.1. The number of nitrogens with zero attached hydrogens (tertiary/aromatic N) is 1. The molecule has 1 heterocycles. The zero-order valence-electron chi connectivity index (χ0n) is 10.2. The van der Waals surface area contributed by atoms with Crippen molar-refractivity contribution in [1.29, 1.82) is 0 Å². The third-order valence-corrected chi connectivity index (χ3v) is 3.04. The van der Waals surface area contributed by atoms with Gasteiger partial charge in [0.15, 0.2) is 0 Å². The number of aromatic nitrogens is 1. The van der Waals surface area contributed by atoms with Crippen molar-refractivity contribution in [2.24, 2.45) is 0 Å². The first-order valence-electron chi connectivity index (χ1n) is 6.05. The van der Waals surface area contributed by atoms with Gasteiger partial charge in [0.2, 0.25) is 0 Å². The number of nitrogens with one attached hydrogen (secondary N) is 1. The van der Waals surface area contributed by atoms with Gasteiger partial charge < -0.3 is 9.88 Å². The van der Waals surface area contributed by atoms with Gasteiger partial charge in [0.05, 0.1) is 0 Å². The second kappa shape index (κ2) is 5.17. The van der Waals surface area contributed by atoms with E-state index in [0.717, 1.165) is 13.0 Å². The molecule has 2 nitrogen and oxygen atoms in total. The Hall–Kier alpha value is -1.28. The average Bonchev–Trinajstić information content (AvgIpc) is 2.70. The van der Waals surface area contributed by atoms with Gasteiger partial charge in [-0.1, -0.05) is 25.1 Å². The van der Waals surface area contributed by atoms with Gasteiger partial charge in [-0.3, -0.25) is 0 Å². The van der Waals surface area contributed by atoms with E-state index in [4.69, 9.17) is 0 Å². The predicted molar refractivity (Wildman–Crippen MR) is 69.8 cm³/mol. The molecule has 2 heteroatoms. The number of benzene rings is 1. The molecule has 0 aliphatic rings. The molecule has 2 aromatic rings. The Bertz CT molecular complexity index is 445. The highest BCUT2D eigenvalue weighted by Crippen LogP contribution is 2.18. The predicted octanol–water partition coefficient (Wildman–Crippen LogP) is 3.05. The van der Waals surface area contributed by atoms with E-state index < -0.39 is 0 Å². The third-order valence-electron chi connectivity index (χ3n) is 3.04. The number of aromatic amines is 1. The van der Waals surface area contributed by atoms with Crippen LogP contribution < -0.4 is 0 Å². The molecule has 0 saturated carbocycles. The molecule has 0 amide bonds. The molecule has 0 fully saturated rings. The van der Waals surface area contributed by atoms with E-state index >= 15 is 0 Å². The summed E-state index contributed by atoms with van der Waals surface area (Å²) in [5.41, 5.74) is 2.68. The van der Waals surface area contributed by atoms with Crippen LogP contribution in [0.4, 0.5) is 0 Å². The maximum Gasteiger partial charge on any atom is 0.0456 e. The first-order valence-corrected chi connectivity index (χ1v) is 6.05. The van der Waals surface area contributed by atoms with E-state index in [9.17, 15) is 0 Å². The zero-order chi connectivity index (χ0) is 11.4. The van der Waals surface area contributed by atoms with Crippen LogP contribution >= 0.6 is 0 Å². The minimum absolute atomic E-state index is 1.13. The zero-order valence-corrected chi connectivity index (χ0v) is 10.2. The Kier molecular flexibility index (Phi) is 3.62. The molecule has 1 aromatic heterocycles. The summed E-state index contributed by atoms with van der Waals surface area (Å²) in [6.07, 6.45) is 4.50. The summed E-state index contributed by atoms with van der Waals surface area (Å²) in [5, 5.41) is 1.37. The van der Waals surface area contributed by atoms with E-state index in [2.05, 4.69) is 54.3 Å². The fourth-order valence-corrected chi connectivity index (χ4v) is 2.14. The van der Waals surface area contributed by atoms with Crippen LogP contribution in [0.5, 0.6) is 0 Å². The lowest BCUT2D eigenvalue weighted by Crippen LogP contribution is -2.21. The Labute approximate surface area is 97.3 Å². The molecule has 0 aliphatic heterocycles. The molecule has 0 radical (unpaired) electrons. The summed E-state index contributed by atoms with van der Waals surface area (Å²) in [5.74, 6) is 0. The molecule has 0 atom stereocenters. The van der Waals surface area contributed by atoms with E-state index in [-0.39, 0.29) is 0 Å². The van der Waals surface area contributed by atoms with Crippen molar-refractivity contribution < 1.29 is 0 Å². The summed E-state index contributed by atoms with van der Waals surface area (Å²) in [4.78, 5) is 5.72. The largest absolute Gasteiger partial charge is 0.361 e. The molecule has 0 saturated heterocycles. The Morgan fingerprint density at radius 1 is 1.19 bits per heavy atom. The molecule has 86 valence electrons. The third kappa shape index (κ3) is 2.45. The topological polar surface area (TPSA) is 19.0 Å². The number of H-pyrrole nitrogens is 1. The molecule has 2 rings (SSSR count). The standard InChI is InChI=1S/C14H20N2/c1-3-9-16(2)10-8-12-11-15-14-7-5-4-6-13(12)14/h4-7,11,15H,3,8-10H2,1-2H3. The quantitative estimate of drug-likeness (QED) is 0.814. The van der Waals surface area contributed by atoms with Gasteiger partial charge >= 0.3 is 0 Å². The van der Waals surface area contributed by atoms with Crippen molar-refractivity contribution in [3.8, 4) is 0 Å². The monoisotopic (exact) mass is 216 g/mol. The van der Waals surface area contributed by atoms with Gasteiger partial charge in [0.1, 0.15) is 0 Å². The highest BCUT2D eigenvalue weighted by molar-refractivity contribution is 5.83. The van der Waals surface area contributed by atoms with E-state index in [1.807, 2.05) is 0 Å². The molecule has 16 heavy (non-hydrogen) atoms. The number of likely N-dealkylation sites (N-methyl/N-ethyl adjacent to an activating group) is 1. The molecule has 0 aliphatic carbocycles. The number of para-hydroxylation sites is 1. The van der Waals surface area contributed by atoms with Gasteiger partial charge in [-0.2, -0.15) is 0 Å². The van der Waals surface area contributed by atoms with Crippen molar-refractivity contribution in [2.75, 3.05) is 20.1 Å². The Balaban J connectivity index is 2.04. The first kappa shape index (κ1) is 11.2. The lowest BCUT2D eigenvalue weighted by molar-refractivity contribution is 0.339. The summed E-state index contributed by atoms with van der Waals surface area (Å²) in [7, 11) is 2.19. The average molecular weight is 216 g/mol. The Morgan fingerprint density at radius 2 is 2.00 bits per heavy atom. The van der Waals surface area contributed by atoms with Crippen molar-refractivity contribution in [2.45, 2.75) is 19.8 Å². The normalized spacial score (nSPS) is 11.4. The maximum atomic E-state index is 3.33. The van der Waals surface area contributed by atoms with Crippen LogP contribution in [0.15, 0.2) is 30.5 Å². The minimum Gasteiger partial charge on any atom is -0.361 e. The molecular weight excluding hydrogens is 196 g/mol.